The second-order valence-electron chi connectivity index (χ2n) is 14.7. The van der Waals surface area contributed by atoms with Crippen molar-refractivity contribution in [2.24, 2.45) is 0 Å². The van der Waals surface area contributed by atoms with Crippen molar-refractivity contribution in [2.45, 2.75) is 84.9 Å². The highest BCUT2D eigenvalue weighted by Gasteiger charge is 2.39. The second kappa shape index (κ2) is 14.2. The number of carbonyl (C=O) groups excluding carboxylic acids is 2. The summed E-state index contributed by atoms with van der Waals surface area (Å²) in [5, 5.41) is 7.94. The van der Waals surface area contributed by atoms with Gasteiger partial charge in [0.15, 0.2) is 0 Å². The van der Waals surface area contributed by atoms with Gasteiger partial charge >= 0.3 is 12.1 Å². The molecule has 268 valence electrons. The van der Waals surface area contributed by atoms with Crippen LogP contribution in [0.1, 0.15) is 70.2 Å². The lowest BCUT2D eigenvalue weighted by Gasteiger charge is -2.47. The smallest absolute Gasteiger partial charge is 0.410 e. The van der Waals surface area contributed by atoms with Gasteiger partial charge in [0.1, 0.15) is 10.6 Å². The van der Waals surface area contributed by atoms with Crippen LogP contribution in [0.4, 0.5) is 4.79 Å². The molecule has 0 aliphatic carbocycles. The number of amides is 1. The molecular formula is C40H46ClN5O4S. The minimum atomic E-state index is -0.480. The van der Waals surface area contributed by atoms with E-state index in [1.165, 1.54) is 5.39 Å². The Morgan fingerprint density at radius 3 is 2.37 bits per heavy atom. The number of benzene rings is 3. The molecule has 2 aliphatic rings. The molecule has 5 aromatic rings. The molecule has 9 nitrogen and oxygen atoms in total. The molecule has 0 N–H and O–H groups in total. The summed E-state index contributed by atoms with van der Waals surface area (Å²) in [6.45, 7) is 16.3. The van der Waals surface area contributed by atoms with Gasteiger partial charge in [-0.2, -0.15) is 5.10 Å². The minimum Gasteiger partial charge on any atom is -0.466 e. The molecule has 51 heavy (non-hydrogen) atoms. The maximum atomic E-state index is 12.7. The van der Waals surface area contributed by atoms with Crippen molar-refractivity contribution < 1.29 is 19.1 Å². The normalized spacial score (nSPS) is 16.2. The van der Waals surface area contributed by atoms with Gasteiger partial charge in [-0.15, -0.1) is 11.3 Å². The zero-order valence-electron chi connectivity index (χ0n) is 30.3. The van der Waals surface area contributed by atoms with Crippen LogP contribution in [-0.2, 0) is 27.2 Å². The Kier molecular flexibility index (Phi) is 9.86. The molecule has 2 saturated heterocycles. The van der Waals surface area contributed by atoms with Crippen molar-refractivity contribution in [1.29, 1.82) is 0 Å². The van der Waals surface area contributed by atoms with Crippen molar-refractivity contribution in [3.05, 3.63) is 70.4 Å². The van der Waals surface area contributed by atoms with Crippen LogP contribution < -0.4 is 0 Å². The summed E-state index contributed by atoms with van der Waals surface area (Å²) in [4.78, 5) is 34.7. The molecule has 2 aromatic heterocycles. The van der Waals surface area contributed by atoms with Gasteiger partial charge in [-0.25, -0.2) is 9.78 Å². The van der Waals surface area contributed by atoms with E-state index in [9.17, 15) is 9.59 Å². The number of rotatable bonds is 8. The Bertz CT molecular complexity index is 2090. The molecule has 1 amide bonds. The van der Waals surface area contributed by atoms with Gasteiger partial charge in [0.25, 0.3) is 0 Å². The monoisotopic (exact) mass is 727 g/mol. The lowest BCUT2D eigenvalue weighted by atomic mass is 9.90. The molecule has 11 heteroatoms. The summed E-state index contributed by atoms with van der Waals surface area (Å²) < 4.78 is 14.1. The van der Waals surface area contributed by atoms with E-state index in [1.54, 1.807) is 11.3 Å². The van der Waals surface area contributed by atoms with Crippen molar-refractivity contribution >= 4 is 56.1 Å². The number of nitrogens with zero attached hydrogens (tertiary/aromatic N) is 5. The number of likely N-dealkylation sites (tertiary alicyclic amines) is 2. The molecule has 2 aliphatic heterocycles. The first-order valence-corrected chi connectivity index (χ1v) is 19.2. The number of aryl methyl sites for hydroxylation is 2. The van der Waals surface area contributed by atoms with E-state index < -0.39 is 5.60 Å². The number of fused-ring (bicyclic) bond motifs is 2. The molecule has 4 heterocycles. The third-order valence-electron chi connectivity index (χ3n) is 10.0. The highest BCUT2D eigenvalue weighted by atomic mass is 35.5. The average molecular weight is 728 g/mol. The van der Waals surface area contributed by atoms with E-state index in [4.69, 9.17) is 31.2 Å². The number of thiazole rings is 1. The van der Waals surface area contributed by atoms with Gasteiger partial charge in [0.2, 0.25) is 0 Å². The van der Waals surface area contributed by atoms with Gasteiger partial charge in [0.05, 0.1) is 34.5 Å². The third-order valence-corrected chi connectivity index (χ3v) is 11.4. The van der Waals surface area contributed by atoms with Crippen molar-refractivity contribution in [3.8, 4) is 21.7 Å². The lowest BCUT2D eigenvalue weighted by molar-refractivity contribution is -0.142. The first kappa shape index (κ1) is 35.4. The Labute approximate surface area is 308 Å². The first-order valence-electron chi connectivity index (χ1n) is 18.0. The quantitative estimate of drug-likeness (QED) is 0.148. The Morgan fingerprint density at radius 1 is 1.00 bits per heavy atom. The van der Waals surface area contributed by atoms with E-state index in [-0.39, 0.29) is 18.5 Å². The highest BCUT2D eigenvalue weighted by molar-refractivity contribution is 7.22. The maximum Gasteiger partial charge on any atom is 0.410 e. The zero-order chi connectivity index (χ0) is 36.0. The molecule has 0 unspecified atom stereocenters. The summed E-state index contributed by atoms with van der Waals surface area (Å²) in [5.74, 6) is 0.112. The summed E-state index contributed by atoms with van der Waals surface area (Å²) in [6.07, 6.45) is 2.02. The highest BCUT2D eigenvalue weighted by Crippen LogP contribution is 2.42. The van der Waals surface area contributed by atoms with Crippen LogP contribution in [0.5, 0.6) is 0 Å². The van der Waals surface area contributed by atoms with Crippen molar-refractivity contribution in [1.82, 2.24) is 24.6 Å². The fourth-order valence-electron chi connectivity index (χ4n) is 7.44. The van der Waals surface area contributed by atoms with Crippen LogP contribution >= 0.6 is 22.9 Å². The van der Waals surface area contributed by atoms with Crippen LogP contribution in [-0.4, -0.2) is 81.1 Å². The van der Waals surface area contributed by atoms with E-state index in [0.29, 0.717) is 23.6 Å². The topological polar surface area (TPSA) is 89.8 Å². The molecule has 0 atom stereocenters. The fraction of sp³-hybridized carbons (Fsp3) is 0.450. The van der Waals surface area contributed by atoms with Crippen LogP contribution in [0.2, 0.25) is 5.02 Å². The number of hydrogen-bond acceptors (Lipinski definition) is 8. The van der Waals surface area contributed by atoms with Crippen LogP contribution in [0, 0.1) is 6.92 Å². The molecule has 0 saturated carbocycles. The van der Waals surface area contributed by atoms with Crippen LogP contribution in [0.25, 0.3) is 42.8 Å². The molecule has 0 radical (unpaired) electrons. The van der Waals surface area contributed by atoms with Gasteiger partial charge in [-0.05, 0) is 121 Å². The van der Waals surface area contributed by atoms with E-state index in [1.807, 2.05) is 63.8 Å². The van der Waals surface area contributed by atoms with Crippen molar-refractivity contribution in [3.63, 3.8) is 0 Å². The summed E-state index contributed by atoms with van der Waals surface area (Å²) in [7, 11) is 0. The fourth-order valence-corrected chi connectivity index (χ4v) is 8.70. The van der Waals surface area contributed by atoms with E-state index >= 15 is 0 Å². The Balaban J connectivity index is 1.17. The molecule has 3 aromatic carbocycles. The van der Waals surface area contributed by atoms with Crippen LogP contribution in [0.3, 0.4) is 0 Å². The third kappa shape index (κ3) is 7.23. The second-order valence-corrected chi connectivity index (χ2v) is 16.1. The SMILES string of the molecule is CCOC(=O)Cc1c(C)cc2nc(-c3ccc4c(c3)c(C3CCN(C5CN(C(=O)OC(C)(C)C)C5)CC3)nn4CC)sc2c1-c1ccc(Cl)cc1. The Morgan fingerprint density at radius 2 is 1.71 bits per heavy atom. The largest absolute Gasteiger partial charge is 0.466 e. The molecule has 0 spiro atoms. The van der Waals surface area contributed by atoms with Gasteiger partial charge < -0.3 is 14.4 Å². The van der Waals surface area contributed by atoms with Gasteiger partial charge in [-0.1, -0.05) is 23.7 Å². The minimum absolute atomic E-state index is 0.188. The van der Waals surface area contributed by atoms with Crippen LogP contribution in [0.15, 0.2) is 48.5 Å². The Hall–Kier alpha value is -3.99. The average Bonchev–Trinajstić information content (AvgIpc) is 3.66. The molecule has 7 rings (SSSR count). The number of esters is 1. The number of ether oxygens (including phenoxy) is 2. The van der Waals surface area contributed by atoms with Crippen molar-refractivity contribution in [2.75, 3.05) is 32.8 Å². The number of piperidine rings is 1. The van der Waals surface area contributed by atoms with Gasteiger partial charge in [-0.3, -0.25) is 14.4 Å². The number of halogens is 1. The summed E-state index contributed by atoms with van der Waals surface area (Å²) in [6, 6.07) is 16.9. The number of hydrogen-bond donors (Lipinski definition) is 0. The number of carbonyl (C=O) groups is 2. The number of aromatic nitrogens is 3. The lowest BCUT2D eigenvalue weighted by Crippen LogP contribution is -2.62. The summed E-state index contributed by atoms with van der Waals surface area (Å²) in [5.41, 5.74) is 7.74. The predicted octanol–water partition coefficient (Wildman–Crippen LogP) is 8.87. The molecule has 2 fully saturated rings. The van der Waals surface area contributed by atoms with E-state index in [2.05, 4.69) is 40.8 Å². The molecular weight excluding hydrogens is 682 g/mol. The maximum absolute atomic E-state index is 12.7. The summed E-state index contributed by atoms with van der Waals surface area (Å²) >= 11 is 7.93. The zero-order valence-corrected chi connectivity index (χ0v) is 31.9. The van der Waals surface area contributed by atoms with E-state index in [0.717, 1.165) is 99.8 Å². The van der Waals surface area contributed by atoms with Gasteiger partial charge in [0, 0.05) is 53.1 Å². The first-order chi connectivity index (χ1) is 24.4. The standard InChI is InChI=1S/C40H46ClN5O4S/c1-7-46-33-14-11-27(20-31(33)36(43-46)26-15-17-44(18-16-26)29-22-45(23-29)39(48)50-40(4,5)6)38-42-32-19-24(3)30(21-34(47)49-8-2)35(37(32)51-38)25-9-12-28(41)13-10-25/h9-14,19-20,26,29H,7-8,15-18,21-23H2,1-6H3. The molecule has 0 bridgehead atoms. The predicted molar refractivity (Wildman–Crippen MR) is 205 cm³/mol.